The van der Waals surface area contributed by atoms with Crippen LogP contribution in [-0.4, -0.2) is 53.5 Å². The van der Waals surface area contributed by atoms with Crippen molar-refractivity contribution in [3.63, 3.8) is 0 Å². The van der Waals surface area contributed by atoms with Gasteiger partial charge < -0.3 is 19.7 Å². The van der Waals surface area contributed by atoms with Crippen molar-refractivity contribution in [3.8, 4) is 0 Å². The van der Waals surface area contributed by atoms with Crippen LogP contribution < -0.4 is 0 Å². The molecular formula is C22H40O6. The van der Waals surface area contributed by atoms with Crippen LogP contribution in [0.5, 0.6) is 0 Å². The third-order valence-electron chi connectivity index (χ3n) is 5.36. The number of ketones is 1. The summed E-state index contributed by atoms with van der Waals surface area (Å²) in [6.07, 6.45) is 14.2. The first-order chi connectivity index (χ1) is 13.6. The van der Waals surface area contributed by atoms with E-state index < -0.39 is 36.7 Å². The highest BCUT2D eigenvalue weighted by Crippen LogP contribution is 2.19. The van der Waals surface area contributed by atoms with Crippen LogP contribution in [0.4, 0.5) is 0 Å². The fourth-order valence-corrected chi connectivity index (χ4v) is 3.57. The standard InChI is InChI=1S/C22H40O6/c1-2-3-4-5-6-7-8-9-10-11-12-13-14-15-16-27-21-19(25)22(26)28-20(21)18(24)17-23/h18,20-21,23-24H,2-17H2,1H3/t18-,20+,21?/m0/s1. The summed E-state index contributed by atoms with van der Waals surface area (Å²) in [6, 6.07) is 0. The van der Waals surface area contributed by atoms with E-state index in [-0.39, 0.29) is 0 Å². The van der Waals surface area contributed by atoms with Gasteiger partial charge in [-0.25, -0.2) is 4.79 Å². The highest BCUT2D eigenvalue weighted by Gasteiger charge is 2.47. The Balaban J connectivity index is 1.93. The van der Waals surface area contributed by atoms with E-state index in [4.69, 9.17) is 14.6 Å². The summed E-state index contributed by atoms with van der Waals surface area (Å²) in [7, 11) is 0. The molecule has 6 heteroatoms. The third kappa shape index (κ3) is 9.99. The molecular weight excluding hydrogens is 360 g/mol. The van der Waals surface area contributed by atoms with E-state index in [0.717, 1.165) is 19.3 Å². The lowest BCUT2D eigenvalue weighted by atomic mass is 10.0. The fourth-order valence-electron chi connectivity index (χ4n) is 3.57. The van der Waals surface area contributed by atoms with Crippen molar-refractivity contribution < 1.29 is 29.3 Å². The summed E-state index contributed by atoms with van der Waals surface area (Å²) in [5.74, 6) is -1.77. The molecule has 164 valence electrons. The number of aliphatic hydroxyl groups is 2. The van der Waals surface area contributed by atoms with Gasteiger partial charge in [0.1, 0.15) is 6.10 Å². The number of aliphatic hydroxyl groups excluding tert-OH is 2. The molecule has 28 heavy (non-hydrogen) atoms. The predicted molar refractivity (Wildman–Crippen MR) is 108 cm³/mol. The molecule has 2 N–H and O–H groups in total. The van der Waals surface area contributed by atoms with Crippen molar-refractivity contribution >= 4 is 11.8 Å². The molecule has 1 heterocycles. The van der Waals surface area contributed by atoms with Gasteiger partial charge in [-0.3, -0.25) is 4.79 Å². The molecule has 1 aliphatic rings. The Morgan fingerprint density at radius 3 is 1.79 bits per heavy atom. The zero-order valence-corrected chi connectivity index (χ0v) is 17.6. The molecule has 1 saturated heterocycles. The molecule has 0 aromatic carbocycles. The Labute approximate surface area is 170 Å². The zero-order valence-electron chi connectivity index (χ0n) is 17.6. The number of hydrogen-bond donors (Lipinski definition) is 2. The molecule has 1 aliphatic heterocycles. The Morgan fingerprint density at radius 1 is 0.857 bits per heavy atom. The van der Waals surface area contributed by atoms with Gasteiger partial charge in [0.25, 0.3) is 5.78 Å². The molecule has 0 saturated carbocycles. The van der Waals surface area contributed by atoms with Crippen LogP contribution in [0.25, 0.3) is 0 Å². The summed E-state index contributed by atoms with van der Waals surface area (Å²) in [4.78, 5) is 23.1. The van der Waals surface area contributed by atoms with Gasteiger partial charge in [0.15, 0.2) is 12.2 Å². The Morgan fingerprint density at radius 2 is 1.32 bits per heavy atom. The molecule has 0 aliphatic carbocycles. The van der Waals surface area contributed by atoms with Gasteiger partial charge in [0.05, 0.1) is 6.61 Å². The lowest BCUT2D eigenvalue weighted by Gasteiger charge is -2.20. The molecule has 1 unspecified atom stereocenters. The minimum atomic E-state index is -1.29. The number of unbranched alkanes of at least 4 members (excludes halogenated alkanes) is 13. The number of carbonyl (C=O) groups excluding carboxylic acids is 2. The molecule has 0 aromatic rings. The van der Waals surface area contributed by atoms with Crippen LogP contribution in [0, 0.1) is 0 Å². The predicted octanol–water partition coefficient (Wildman–Crippen LogP) is 3.70. The van der Waals surface area contributed by atoms with Gasteiger partial charge in [-0.2, -0.15) is 0 Å². The lowest BCUT2D eigenvalue weighted by molar-refractivity contribution is -0.152. The maximum absolute atomic E-state index is 11.7. The first-order valence-corrected chi connectivity index (χ1v) is 11.3. The second-order valence-electron chi connectivity index (χ2n) is 7.87. The quantitative estimate of drug-likeness (QED) is 0.207. The smallest absolute Gasteiger partial charge is 0.378 e. The normalized spacial score (nSPS) is 20.5. The minimum absolute atomic E-state index is 0.347. The van der Waals surface area contributed by atoms with Crippen LogP contribution in [0.3, 0.4) is 0 Å². The van der Waals surface area contributed by atoms with Crippen LogP contribution in [0.2, 0.25) is 0 Å². The van der Waals surface area contributed by atoms with Crippen molar-refractivity contribution in [1.82, 2.24) is 0 Å². The van der Waals surface area contributed by atoms with Crippen molar-refractivity contribution in [2.75, 3.05) is 13.2 Å². The van der Waals surface area contributed by atoms with Gasteiger partial charge in [0.2, 0.25) is 0 Å². The Kier molecular flexibility index (Phi) is 14.2. The maximum atomic E-state index is 11.7. The number of esters is 1. The fraction of sp³-hybridized carbons (Fsp3) is 0.909. The van der Waals surface area contributed by atoms with Crippen LogP contribution >= 0.6 is 0 Å². The molecule has 0 bridgehead atoms. The summed E-state index contributed by atoms with van der Waals surface area (Å²) in [5.41, 5.74) is 0. The summed E-state index contributed by atoms with van der Waals surface area (Å²) in [6.45, 7) is 2.02. The molecule has 3 atom stereocenters. The third-order valence-corrected chi connectivity index (χ3v) is 5.36. The number of cyclic esters (lactones) is 1. The average Bonchev–Trinajstić information content (AvgIpc) is 2.98. The van der Waals surface area contributed by atoms with E-state index in [1.165, 1.54) is 70.6 Å². The summed E-state index contributed by atoms with van der Waals surface area (Å²) in [5, 5.41) is 18.6. The highest BCUT2D eigenvalue weighted by atomic mass is 16.6. The largest absolute Gasteiger partial charge is 0.450 e. The minimum Gasteiger partial charge on any atom is -0.450 e. The van der Waals surface area contributed by atoms with E-state index in [1.54, 1.807) is 0 Å². The monoisotopic (exact) mass is 400 g/mol. The van der Waals surface area contributed by atoms with Crippen LogP contribution in [0.15, 0.2) is 0 Å². The van der Waals surface area contributed by atoms with Gasteiger partial charge in [0, 0.05) is 6.61 Å². The van der Waals surface area contributed by atoms with Gasteiger partial charge in [-0.05, 0) is 6.42 Å². The van der Waals surface area contributed by atoms with Gasteiger partial charge in [-0.1, -0.05) is 90.4 Å². The maximum Gasteiger partial charge on any atom is 0.378 e. The van der Waals surface area contributed by atoms with Crippen LogP contribution in [0.1, 0.15) is 96.8 Å². The molecule has 6 nitrogen and oxygen atoms in total. The molecule has 1 fully saturated rings. The van der Waals surface area contributed by atoms with Crippen molar-refractivity contribution in [3.05, 3.63) is 0 Å². The molecule has 0 spiro atoms. The van der Waals surface area contributed by atoms with E-state index in [1.807, 2.05) is 0 Å². The number of carbonyl (C=O) groups is 2. The summed E-state index contributed by atoms with van der Waals surface area (Å²) < 4.78 is 10.3. The highest BCUT2D eigenvalue weighted by molar-refractivity contribution is 6.37. The number of rotatable bonds is 18. The molecule has 1 rings (SSSR count). The van der Waals surface area contributed by atoms with Gasteiger partial charge >= 0.3 is 5.97 Å². The Hall–Kier alpha value is -0.980. The van der Waals surface area contributed by atoms with E-state index >= 15 is 0 Å². The Bertz CT molecular complexity index is 425. The van der Waals surface area contributed by atoms with Gasteiger partial charge in [-0.15, -0.1) is 0 Å². The van der Waals surface area contributed by atoms with Crippen molar-refractivity contribution in [2.24, 2.45) is 0 Å². The van der Waals surface area contributed by atoms with Crippen LogP contribution in [-0.2, 0) is 19.1 Å². The second kappa shape index (κ2) is 15.9. The number of ether oxygens (including phenoxy) is 2. The van der Waals surface area contributed by atoms with Crippen molar-refractivity contribution in [1.29, 1.82) is 0 Å². The van der Waals surface area contributed by atoms with E-state index in [0.29, 0.717) is 6.61 Å². The number of hydrogen-bond acceptors (Lipinski definition) is 6. The second-order valence-corrected chi connectivity index (χ2v) is 7.87. The number of Topliss-reactive ketones (excluding diaryl/α,β-unsaturated/α-hetero) is 1. The summed E-state index contributed by atoms with van der Waals surface area (Å²) >= 11 is 0. The molecule has 0 amide bonds. The van der Waals surface area contributed by atoms with E-state index in [9.17, 15) is 14.7 Å². The van der Waals surface area contributed by atoms with E-state index in [2.05, 4.69) is 6.92 Å². The lowest BCUT2D eigenvalue weighted by Crippen LogP contribution is -2.41. The topological polar surface area (TPSA) is 93.1 Å². The first kappa shape index (κ1) is 25.1. The zero-order chi connectivity index (χ0) is 20.6. The molecule has 0 aromatic heterocycles. The average molecular weight is 401 g/mol. The van der Waals surface area contributed by atoms with Crippen molar-refractivity contribution in [2.45, 2.75) is 115 Å². The molecule has 0 radical (unpaired) electrons. The first-order valence-electron chi connectivity index (χ1n) is 11.3. The SMILES string of the molecule is CCCCCCCCCCCCCCCCOC1C(=O)C(=O)O[C@@H]1[C@@H](O)CO.